The minimum atomic E-state index is -0.249. The molecular weight excluding hydrogens is 330 g/mol. The molecule has 0 atom stereocenters. The van der Waals surface area contributed by atoms with Crippen LogP contribution >= 0.6 is 0 Å². The van der Waals surface area contributed by atoms with E-state index < -0.39 is 0 Å². The number of aromatic nitrogens is 4. The summed E-state index contributed by atoms with van der Waals surface area (Å²) >= 11 is 0. The monoisotopic (exact) mass is 351 g/mol. The van der Waals surface area contributed by atoms with E-state index in [9.17, 15) is 9.59 Å². The topological polar surface area (TPSA) is 92.7 Å². The molecule has 134 valence electrons. The van der Waals surface area contributed by atoms with Gasteiger partial charge in [-0.1, -0.05) is 37.3 Å². The quantitative estimate of drug-likeness (QED) is 0.713. The van der Waals surface area contributed by atoms with Crippen molar-refractivity contribution in [3.05, 3.63) is 69.8 Å². The van der Waals surface area contributed by atoms with E-state index >= 15 is 0 Å². The number of carbonyl (C=O) groups excluding carboxylic acids is 1. The lowest BCUT2D eigenvalue weighted by molar-refractivity contribution is -0.116. The van der Waals surface area contributed by atoms with Crippen LogP contribution in [-0.2, 0) is 17.6 Å². The number of benzene rings is 1. The van der Waals surface area contributed by atoms with Gasteiger partial charge in [0.2, 0.25) is 11.9 Å². The highest BCUT2D eigenvalue weighted by Crippen LogP contribution is 2.15. The van der Waals surface area contributed by atoms with Crippen LogP contribution in [0.1, 0.15) is 30.3 Å². The van der Waals surface area contributed by atoms with E-state index in [1.54, 1.807) is 6.07 Å². The number of nitrogens with one attached hydrogen (secondary N) is 2. The Morgan fingerprint density at radius 1 is 1.23 bits per heavy atom. The molecule has 1 aromatic carbocycles. The fourth-order valence-electron chi connectivity index (χ4n) is 2.63. The highest BCUT2D eigenvalue weighted by atomic mass is 16.1. The molecule has 0 saturated carbocycles. The summed E-state index contributed by atoms with van der Waals surface area (Å²) in [5.74, 6) is 0.654. The molecule has 7 nitrogen and oxygen atoms in total. The molecule has 2 N–H and O–H groups in total. The SMILES string of the molecule is CCc1cc(=O)[nH]c(-n2nc(C)cc2NC(=O)CCc2ccccc2)n1. The van der Waals surface area contributed by atoms with Crippen LogP contribution in [-0.4, -0.2) is 25.7 Å². The average molecular weight is 351 g/mol. The van der Waals surface area contributed by atoms with Gasteiger partial charge in [0.1, 0.15) is 5.82 Å². The summed E-state index contributed by atoms with van der Waals surface area (Å²) in [5, 5.41) is 7.19. The van der Waals surface area contributed by atoms with Gasteiger partial charge in [0.25, 0.3) is 5.56 Å². The maximum absolute atomic E-state index is 12.3. The normalized spacial score (nSPS) is 10.7. The van der Waals surface area contributed by atoms with Gasteiger partial charge in [-0.25, -0.2) is 4.98 Å². The van der Waals surface area contributed by atoms with Crippen LogP contribution in [0, 0.1) is 6.92 Å². The number of aryl methyl sites for hydroxylation is 3. The summed E-state index contributed by atoms with van der Waals surface area (Å²) in [5.41, 5.74) is 2.24. The first-order valence-corrected chi connectivity index (χ1v) is 8.56. The fraction of sp³-hybridized carbons (Fsp3) is 0.263. The van der Waals surface area contributed by atoms with Crippen molar-refractivity contribution < 1.29 is 4.79 Å². The third-order valence-corrected chi connectivity index (χ3v) is 3.93. The van der Waals surface area contributed by atoms with Crippen molar-refractivity contribution in [1.29, 1.82) is 0 Å². The standard InChI is InChI=1S/C19H21N5O2/c1-3-15-12-18(26)22-19(20-15)24-16(11-13(2)23-24)21-17(25)10-9-14-7-5-4-6-8-14/h4-8,11-12H,3,9-10H2,1-2H3,(H,21,25)(H,20,22,26). The van der Waals surface area contributed by atoms with Gasteiger partial charge < -0.3 is 5.32 Å². The zero-order chi connectivity index (χ0) is 18.5. The van der Waals surface area contributed by atoms with Crippen molar-refractivity contribution in [2.75, 3.05) is 5.32 Å². The zero-order valence-electron chi connectivity index (χ0n) is 14.8. The number of hydrogen-bond acceptors (Lipinski definition) is 4. The molecule has 1 amide bonds. The van der Waals surface area contributed by atoms with E-state index in [1.807, 2.05) is 44.2 Å². The predicted molar refractivity (Wildman–Crippen MR) is 99.5 cm³/mol. The minimum Gasteiger partial charge on any atom is -0.310 e. The maximum atomic E-state index is 12.3. The number of nitrogens with zero attached hydrogens (tertiary/aromatic N) is 3. The third-order valence-electron chi connectivity index (χ3n) is 3.93. The average Bonchev–Trinajstić information content (AvgIpc) is 3.00. The molecule has 2 heterocycles. The van der Waals surface area contributed by atoms with Crippen molar-refractivity contribution in [3.8, 4) is 5.95 Å². The largest absolute Gasteiger partial charge is 0.310 e. The molecule has 0 aliphatic rings. The molecule has 0 saturated heterocycles. The van der Waals surface area contributed by atoms with Crippen LogP contribution in [0.25, 0.3) is 5.95 Å². The Balaban J connectivity index is 1.78. The minimum absolute atomic E-state index is 0.121. The number of aromatic amines is 1. The van der Waals surface area contributed by atoms with Crippen molar-refractivity contribution in [3.63, 3.8) is 0 Å². The van der Waals surface area contributed by atoms with E-state index in [4.69, 9.17) is 0 Å². The number of amides is 1. The van der Waals surface area contributed by atoms with Crippen LogP contribution in [0.2, 0.25) is 0 Å². The van der Waals surface area contributed by atoms with Gasteiger partial charge in [-0.15, -0.1) is 0 Å². The van der Waals surface area contributed by atoms with Gasteiger partial charge in [-0.3, -0.25) is 14.6 Å². The lowest BCUT2D eigenvalue weighted by Crippen LogP contribution is -2.19. The second-order valence-corrected chi connectivity index (χ2v) is 6.03. The summed E-state index contributed by atoms with van der Waals surface area (Å²) in [6, 6.07) is 13.0. The maximum Gasteiger partial charge on any atom is 0.252 e. The Hall–Kier alpha value is -3.22. The Morgan fingerprint density at radius 3 is 2.73 bits per heavy atom. The van der Waals surface area contributed by atoms with E-state index in [-0.39, 0.29) is 11.5 Å². The van der Waals surface area contributed by atoms with Crippen LogP contribution in [0.5, 0.6) is 0 Å². The Bertz CT molecular complexity index is 960. The predicted octanol–water partition coefficient (Wildman–Crippen LogP) is 2.40. The van der Waals surface area contributed by atoms with Crippen molar-refractivity contribution in [1.82, 2.24) is 19.7 Å². The summed E-state index contributed by atoms with van der Waals surface area (Å²) in [4.78, 5) is 31.2. The number of carbonyl (C=O) groups is 1. The molecule has 0 spiro atoms. The fourth-order valence-corrected chi connectivity index (χ4v) is 2.63. The molecule has 3 aromatic rings. The first kappa shape index (κ1) is 17.6. The van der Waals surface area contributed by atoms with Crippen molar-refractivity contribution in [2.24, 2.45) is 0 Å². The number of H-pyrrole nitrogens is 1. The summed E-state index contributed by atoms with van der Waals surface area (Å²) in [6.45, 7) is 3.74. The zero-order valence-corrected chi connectivity index (χ0v) is 14.8. The summed E-state index contributed by atoms with van der Waals surface area (Å²) < 4.78 is 1.45. The van der Waals surface area contributed by atoms with Gasteiger partial charge in [0.05, 0.1) is 5.69 Å². The van der Waals surface area contributed by atoms with Crippen LogP contribution in [0.3, 0.4) is 0 Å². The first-order valence-electron chi connectivity index (χ1n) is 8.56. The molecule has 0 unspecified atom stereocenters. The molecule has 0 fully saturated rings. The van der Waals surface area contributed by atoms with Crippen LogP contribution in [0.15, 0.2) is 47.3 Å². The molecular formula is C19H21N5O2. The summed E-state index contributed by atoms with van der Waals surface area (Å²) in [6.07, 6.45) is 1.64. The number of anilines is 1. The van der Waals surface area contributed by atoms with Crippen molar-refractivity contribution in [2.45, 2.75) is 33.1 Å². The molecule has 0 aliphatic heterocycles. The van der Waals surface area contributed by atoms with E-state index in [0.717, 1.165) is 5.56 Å². The Kier molecular flexibility index (Phi) is 5.26. The molecule has 2 aromatic heterocycles. The summed E-state index contributed by atoms with van der Waals surface area (Å²) in [7, 11) is 0. The number of hydrogen-bond donors (Lipinski definition) is 2. The smallest absolute Gasteiger partial charge is 0.252 e. The highest BCUT2D eigenvalue weighted by molar-refractivity contribution is 5.90. The second kappa shape index (κ2) is 7.77. The molecule has 0 radical (unpaired) electrons. The second-order valence-electron chi connectivity index (χ2n) is 6.03. The van der Waals surface area contributed by atoms with E-state index in [0.29, 0.717) is 42.4 Å². The van der Waals surface area contributed by atoms with Gasteiger partial charge >= 0.3 is 0 Å². The highest BCUT2D eigenvalue weighted by Gasteiger charge is 2.13. The molecule has 0 aliphatic carbocycles. The molecule has 3 rings (SSSR count). The first-order chi connectivity index (χ1) is 12.5. The molecule has 7 heteroatoms. The van der Waals surface area contributed by atoms with Gasteiger partial charge in [-0.2, -0.15) is 9.78 Å². The lowest BCUT2D eigenvalue weighted by Gasteiger charge is -2.09. The number of rotatable bonds is 6. The molecule has 0 bridgehead atoms. The van der Waals surface area contributed by atoms with E-state index in [2.05, 4.69) is 20.4 Å². The Labute approximate surface area is 151 Å². The Morgan fingerprint density at radius 2 is 2.00 bits per heavy atom. The van der Waals surface area contributed by atoms with Crippen molar-refractivity contribution >= 4 is 11.7 Å². The van der Waals surface area contributed by atoms with Gasteiger partial charge in [-0.05, 0) is 25.3 Å². The van der Waals surface area contributed by atoms with Crippen LogP contribution < -0.4 is 10.9 Å². The lowest BCUT2D eigenvalue weighted by atomic mass is 10.1. The third kappa shape index (κ3) is 4.24. The van der Waals surface area contributed by atoms with Gasteiger partial charge in [0.15, 0.2) is 0 Å². The van der Waals surface area contributed by atoms with E-state index in [1.165, 1.54) is 10.7 Å². The van der Waals surface area contributed by atoms with Crippen LogP contribution in [0.4, 0.5) is 5.82 Å². The molecule has 26 heavy (non-hydrogen) atoms. The van der Waals surface area contributed by atoms with Gasteiger partial charge in [0, 0.05) is 24.2 Å².